The minimum absolute atomic E-state index is 0.147. The van der Waals surface area contributed by atoms with Crippen LogP contribution in [0.25, 0.3) is 10.9 Å². The number of amides is 1. The Morgan fingerprint density at radius 3 is 2.77 bits per heavy atom. The molecule has 0 saturated carbocycles. The quantitative estimate of drug-likeness (QED) is 0.805. The van der Waals surface area contributed by atoms with Crippen LogP contribution >= 0.6 is 11.6 Å². The molecule has 0 saturated heterocycles. The van der Waals surface area contributed by atoms with Crippen LogP contribution in [0.3, 0.4) is 0 Å². The van der Waals surface area contributed by atoms with Gasteiger partial charge in [0.25, 0.3) is 5.91 Å². The van der Waals surface area contributed by atoms with E-state index >= 15 is 0 Å². The number of aromatic nitrogens is 2. The third-order valence-corrected chi connectivity index (χ3v) is 3.67. The number of carbonyl (C=O) groups excluding carboxylic acids is 1. The first-order valence-corrected chi connectivity index (χ1v) is 7.25. The Hall–Kier alpha value is -2.46. The standard InChI is InChI=1S/C17H14ClN3O/c1-11-15(8-13-10-19-7-6-16(13)21-11)17(22)20-9-12-2-4-14(18)5-3-12/h2-8,10H,9H2,1H3,(H,20,22). The summed E-state index contributed by atoms with van der Waals surface area (Å²) in [7, 11) is 0. The number of nitrogens with zero attached hydrogens (tertiary/aromatic N) is 2. The summed E-state index contributed by atoms with van der Waals surface area (Å²) in [5.74, 6) is -0.147. The van der Waals surface area contributed by atoms with E-state index in [2.05, 4.69) is 15.3 Å². The predicted molar refractivity (Wildman–Crippen MR) is 86.9 cm³/mol. The van der Waals surface area contributed by atoms with Crippen LogP contribution in [0.15, 0.2) is 48.8 Å². The maximum absolute atomic E-state index is 12.4. The van der Waals surface area contributed by atoms with Gasteiger partial charge in [-0.3, -0.25) is 14.8 Å². The lowest BCUT2D eigenvalue weighted by atomic mass is 10.1. The van der Waals surface area contributed by atoms with Crippen molar-refractivity contribution in [3.05, 3.63) is 70.6 Å². The van der Waals surface area contributed by atoms with Crippen molar-refractivity contribution in [3.63, 3.8) is 0 Å². The summed E-state index contributed by atoms with van der Waals surface area (Å²) >= 11 is 5.85. The molecule has 22 heavy (non-hydrogen) atoms. The van der Waals surface area contributed by atoms with Crippen LogP contribution in [-0.4, -0.2) is 15.9 Å². The van der Waals surface area contributed by atoms with Crippen LogP contribution in [0.5, 0.6) is 0 Å². The Balaban J connectivity index is 1.79. The maximum Gasteiger partial charge on any atom is 0.253 e. The van der Waals surface area contributed by atoms with Crippen molar-refractivity contribution in [2.75, 3.05) is 0 Å². The highest BCUT2D eigenvalue weighted by molar-refractivity contribution is 6.30. The van der Waals surface area contributed by atoms with E-state index in [0.29, 0.717) is 22.8 Å². The first-order chi connectivity index (χ1) is 10.6. The highest BCUT2D eigenvalue weighted by Crippen LogP contribution is 2.15. The molecule has 3 rings (SSSR count). The molecule has 1 amide bonds. The van der Waals surface area contributed by atoms with E-state index in [4.69, 9.17) is 11.6 Å². The molecule has 0 atom stereocenters. The molecule has 0 spiro atoms. The highest BCUT2D eigenvalue weighted by Gasteiger charge is 2.11. The second-order valence-corrected chi connectivity index (χ2v) is 5.44. The monoisotopic (exact) mass is 311 g/mol. The molecule has 0 radical (unpaired) electrons. The van der Waals surface area contributed by atoms with Gasteiger partial charge in [0.2, 0.25) is 0 Å². The number of carbonyl (C=O) groups is 1. The number of hydrogen-bond acceptors (Lipinski definition) is 3. The van der Waals surface area contributed by atoms with Crippen molar-refractivity contribution in [2.24, 2.45) is 0 Å². The normalized spacial score (nSPS) is 10.6. The number of hydrogen-bond donors (Lipinski definition) is 1. The second kappa shape index (κ2) is 6.12. The van der Waals surface area contributed by atoms with Crippen LogP contribution in [0, 0.1) is 6.92 Å². The van der Waals surface area contributed by atoms with E-state index in [1.54, 1.807) is 24.5 Å². The zero-order valence-electron chi connectivity index (χ0n) is 12.0. The average molecular weight is 312 g/mol. The van der Waals surface area contributed by atoms with Crippen molar-refractivity contribution < 1.29 is 4.79 Å². The Bertz CT molecular complexity index is 831. The van der Waals surface area contributed by atoms with Gasteiger partial charge in [0.05, 0.1) is 16.8 Å². The SMILES string of the molecule is Cc1nc2ccncc2cc1C(=O)NCc1ccc(Cl)cc1. The maximum atomic E-state index is 12.4. The van der Waals surface area contributed by atoms with Gasteiger partial charge in [-0.2, -0.15) is 0 Å². The van der Waals surface area contributed by atoms with Gasteiger partial charge in [0.1, 0.15) is 0 Å². The molecule has 0 unspecified atom stereocenters. The Labute approximate surface area is 133 Å². The van der Waals surface area contributed by atoms with Crippen molar-refractivity contribution in [1.82, 2.24) is 15.3 Å². The number of nitrogens with one attached hydrogen (secondary N) is 1. The Morgan fingerprint density at radius 2 is 2.00 bits per heavy atom. The molecule has 2 aromatic heterocycles. The third kappa shape index (κ3) is 3.07. The zero-order valence-corrected chi connectivity index (χ0v) is 12.8. The minimum Gasteiger partial charge on any atom is -0.348 e. The van der Waals surface area contributed by atoms with E-state index in [1.807, 2.05) is 31.2 Å². The summed E-state index contributed by atoms with van der Waals surface area (Å²) in [5, 5.41) is 4.43. The summed E-state index contributed by atoms with van der Waals surface area (Å²) in [5.41, 5.74) is 3.09. The van der Waals surface area contributed by atoms with Crippen LogP contribution in [0.4, 0.5) is 0 Å². The summed E-state index contributed by atoms with van der Waals surface area (Å²) < 4.78 is 0. The molecular formula is C17H14ClN3O. The number of benzene rings is 1. The lowest BCUT2D eigenvalue weighted by Gasteiger charge is -2.09. The highest BCUT2D eigenvalue weighted by atomic mass is 35.5. The van der Waals surface area contributed by atoms with Crippen molar-refractivity contribution >= 4 is 28.4 Å². The van der Waals surface area contributed by atoms with E-state index < -0.39 is 0 Å². The van der Waals surface area contributed by atoms with Crippen LogP contribution in [-0.2, 0) is 6.54 Å². The van der Waals surface area contributed by atoms with Crippen LogP contribution in [0.2, 0.25) is 5.02 Å². The summed E-state index contributed by atoms with van der Waals surface area (Å²) in [6.07, 6.45) is 3.40. The lowest BCUT2D eigenvalue weighted by Crippen LogP contribution is -2.24. The first-order valence-electron chi connectivity index (χ1n) is 6.87. The molecule has 1 aromatic carbocycles. The predicted octanol–water partition coefficient (Wildman–Crippen LogP) is 3.52. The van der Waals surface area contributed by atoms with Crippen molar-refractivity contribution in [2.45, 2.75) is 13.5 Å². The van der Waals surface area contributed by atoms with Gasteiger partial charge in [-0.15, -0.1) is 0 Å². The fourth-order valence-electron chi connectivity index (χ4n) is 2.22. The molecule has 0 aliphatic rings. The fourth-order valence-corrected chi connectivity index (χ4v) is 2.35. The molecule has 3 aromatic rings. The minimum atomic E-state index is -0.147. The molecule has 1 N–H and O–H groups in total. The van der Waals surface area contributed by atoms with E-state index in [1.165, 1.54) is 0 Å². The van der Waals surface area contributed by atoms with Gasteiger partial charge >= 0.3 is 0 Å². The van der Waals surface area contributed by atoms with Gasteiger partial charge in [-0.05, 0) is 36.8 Å². The van der Waals surface area contributed by atoms with Gasteiger partial charge in [-0.25, -0.2) is 0 Å². The lowest BCUT2D eigenvalue weighted by molar-refractivity contribution is 0.0950. The summed E-state index contributed by atoms with van der Waals surface area (Å²) in [6.45, 7) is 2.28. The van der Waals surface area contributed by atoms with E-state index in [-0.39, 0.29) is 5.91 Å². The van der Waals surface area contributed by atoms with Crippen LogP contribution in [0.1, 0.15) is 21.6 Å². The number of halogens is 1. The summed E-state index contributed by atoms with van der Waals surface area (Å²) in [6, 6.07) is 11.0. The number of fused-ring (bicyclic) bond motifs is 1. The van der Waals surface area contributed by atoms with Gasteiger partial charge in [-0.1, -0.05) is 23.7 Å². The second-order valence-electron chi connectivity index (χ2n) is 5.00. The van der Waals surface area contributed by atoms with Gasteiger partial charge < -0.3 is 5.32 Å². The van der Waals surface area contributed by atoms with Crippen molar-refractivity contribution in [1.29, 1.82) is 0 Å². The van der Waals surface area contributed by atoms with Gasteiger partial charge in [0.15, 0.2) is 0 Å². The molecule has 0 bridgehead atoms. The first kappa shape index (κ1) is 14.5. The number of rotatable bonds is 3. The average Bonchev–Trinajstić information content (AvgIpc) is 2.53. The Kier molecular flexibility index (Phi) is 4.02. The smallest absolute Gasteiger partial charge is 0.253 e. The zero-order chi connectivity index (χ0) is 15.5. The van der Waals surface area contributed by atoms with E-state index in [9.17, 15) is 4.79 Å². The Morgan fingerprint density at radius 1 is 1.23 bits per heavy atom. The largest absolute Gasteiger partial charge is 0.348 e. The molecule has 0 fully saturated rings. The third-order valence-electron chi connectivity index (χ3n) is 3.42. The molecule has 0 aliphatic carbocycles. The molecule has 4 nitrogen and oxygen atoms in total. The fraction of sp³-hybridized carbons (Fsp3) is 0.118. The summed E-state index contributed by atoms with van der Waals surface area (Å²) in [4.78, 5) is 20.9. The molecule has 5 heteroatoms. The molecular weight excluding hydrogens is 298 g/mol. The molecule has 110 valence electrons. The van der Waals surface area contributed by atoms with Crippen LogP contribution < -0.4 is 5.32 Å². The number of aryl methyl sites for hydroxylation is 1. The van der Waals surface area contributed by atoms with Gasteiger partial charge in [0, 0.05) is 29.3 Å². The van der Waals surface area contributed by atoms with E-state index in [0.717, 1.165) is 16.5 Å². The van der Waals surface area contributed by atoms with Crippen molar-refractivity contribution in [3.8, 4) is 0 Å². The molecule has 0 aliphatic heterocycles. The number of pyridine rings is 2. The topological polar surface area (TPSA) is 54.9 Å². The molecule has 2 heterocycles.